The van der Waals surface area contributed by atoms with Crippen LogP contribution in [0.15, 0.2) is 49.0 Å². The van der Waals surface area contributed by atoms with Crippen molar-refractivity contribution in [3.05, 3.63) is 49.0 Å². The summed E-state index contributed by atoms with van der Waals surface area (Å²) in [6.45, 7) is 17.4. The van der Waals surface area contributed by atoms with Crippen molar-refractivity contribution >= 4 is 20.2 Å². The third kappa shape index (κ3) is 18.3. The zero-order valence-electron chi connectivity index (χ0n) is 30.5. The molecule has 20 heteroatoms. The second kappa shape index (κ2) is 23.3. The molecule has 0 aromatic heterocycles. The molecule has 0 aromatic carbocycles. The monoisotopic (exact) mass is 848 g/mol. The molecule has 0 aromatic rings. The van der Waals surface area contributed by atoms with Gasteiger partial charge < -0.3 is 38.3 Å². The fourth-order valence-electron chi connectivity index (χ4n) is 5.67. The maximum atomic E-state index is 12.3. The molecule has 0 spiro atoms. The van der Waals surface area contributed by atoms with Crippen LogP contribution in [0.5, 0.6) is 0 Å². The van der Waals surface area contributed by atoms with Gasteiger partial charge in [-0.2, -0.15) is 43.2 Å². The van der Waals surface area contributed by atoms with E-state index in [-0.39, 0.29) is 57.9 Å². The van der Waals surface area contributed by atoms with Crippen LogP contribution in [0.2, 0.25) is 0 Å². The summed E-state index contributed by atoms with van der Waals surface area (Å²) in [4.78, 5) is 0. The number of aliphatic hydroxyl groups excluding tert-OH is 4. The van der Waals surface area contributed by atoms with Gasteiger partial charge in [0.25, 0.3) is 0 Å². The minimum atomic E-state index is -5.75. The lowest BCUT2D eigenvalue weighted by Gasteiger charge is -2.20. The van der Waals surface area contributed by atoms with Crippen LogP contribution in [0.1, 0.15) is 98.3 Å². The van der Waals surface area contributed by atoms with Crippen molar-refractivity contribution in [3.63, 3.8) is 0 Å². The van der Waals surface area contributed by atoms with Gasteiger partial charge in [-0.15, -0.1) is 0 Å². The van der Waals surface area contributed by atoms with Crippen LogP contribution < -0.4 is 0 Å². The van der Waals surface area contributed by atoms with Crippen molar-refractivity contribution in [1.82, 2.24) is 0 Å². The highest BCUT2D eigenvalue weighted by molar-refractivity contribution is 7.88. The molecule has 55 heavy (non-hydrogen) atoms. The zero-order valence-corrected chi connectivity index (χ0v) is 32.1. The molecule has 0 aliphatic carbocycles. The minimum Gasteiger partial charge on any atom is -0.396 e. The van der Waals surface area contributed by atoms with Crippen LogP contribution in [0.25, 0.3) is 0 Å². The van der Waals surface area contributed by atoms with E-state index in [4.69, 9.17) is 19.7 Å². The Morgan fingerprint density at radius 1 is 0.709 bits per heavy atom. The first-order valence-electron chi connectivity index (χ1n) is 17.4. The van der Waals surface area contributed by atoms with Gasteiger partial charge in [-0.25, -0.2) is 0 Å². The highest BCUT2D eigenvalue weighted by atomic mass is 32.2. The van der Waals surface area contributed by atoms with Crippen LogP contribution >= 0.6 is 0 Å². The predicted octanol–water partition coefficient (Wildman–Crippen LogP) is 6.68. The summed E-state index contributed by atoms with van der Waals surface area (Å²) in [5.41, 5.74) is -9.24. The highest BCUT2D eigenvalue weighted by Crippen LogP contribution is 2.34. The van der Waals surface area contributed by atoms with Gasteiger partial charge >= 0.3 is 31.3 Å². The molecule has 2 aliphatic rings. The lowest BCUT2D eigenvalue weighted by atomic mass is 9.96. The molecule has 12 nitrogen and oxygen atoms in total. The molecule has 4 N–H and O–H groups in total. The number of ether oxygens (including phenoxy) is 2. The average molecular weight is 849 g/mol. The first-order chi connectivity index (χ1) is 24.7. The molecule has 2 aliphatic heterocycles. The summed E-state index contributed by atoms with van der Waals surface area (Å²) >= 11 is 0. The normalized spacial score (nSPS) is 22.8. The van der Waals surface area contributed by atoms with Crippen molar-refractivity contribution in [2.24, 2.45) is 11.8 Å². The van der Waals surface area contributed by atoms with Gasteiger partial charge in [-0.3, -0.25) is 0 Å². The third-order valence-electron chi connectivity index (χ3n) is 8.85. The van der Waals surface area contributed by atoms with Gasteiger partial charge in [-0.05, 0) is 88.2 Å². The second-order valence-corrected chi connectivity index (χ2v) is 16.7. The minimum absolute atomic E-state index is 0. The van der Waals surface area contributed by atoms with Gasteiger partial charge in [0.1, 0.15) is 11.5 Å². The number of allylic oxidation sites excluding steroid dienone is 2. The molecule has 2 heterocycles. The molecule has 2 fully saturated rings. The summed E-state index contributed by atoms with van der Waals surface area (Å²) in [6, 6.07) is 0. The smallest absolute Gasteiger partial charge is 0.396 e. The van der Waals surface area contributed by atoms with E-state index in [0.717, 1.165) is 24.0 Å². The van der Waals surface area contributed by atoms with E-state index in [1.54, 1.807) is 0 Å². The topological polar surface area (TPSA) is 186 Å². The number of hydrogen-bond acceptors (Lipinski definition) is 12. The Morgan fingerprint density at radius 2 is 1.02 bits per heavy atom. The summed E-state index contributed by atoms with van der Waals surface area (Å²) < 4.78 is 137. The highest BCUT2D eigenvalue weighted by Gasteiger charge is 2.50. The lowest BCUT2D eigenvalue weighted by Crippen LogP contribution is -2.27. The zero-order chi connectivity index (χ0) is 41.7. The number of halogens is 6. The van der Waals surface area contributed by atoms with E-state index in [2.05, 4.69) is 34.7 Å². The lowest BCUT2D eigenvalue weighted by molar-refractivity contribution is -0.0532. The Balaban J connectivity index is 0.00000104. The first kappa shape index (κ1) is 52.8. The molecule has 2 rings (SSSR count). The fourth-order valence-corrected chi connectivity index (χ4v) is 6.75. The summed E-state index contributed by atoms with van der Waals surface area (Å²) in [6.07, 6.45) is 3.43. The van der Waals surface area contributed by atoms with Crippen molar-refractivity contribution in [1.29, 1.82) is 0 Å². The van der Waals surface area contributed by atoms with Crippen LogP contribution in [-0.2, 0) is 38.1 Å². The molecular formula is C35H58F6O12S2. The van der Waals surface area contributed by atoms with Crippen LogP contribution in [0, 0.1) is 11.8 Å². The van der Waals surface area contributed by atoms with Gasteiger partial charge in [0, 0.05) is 25.0 Å². The summed E-state index contributed by atoms with van der Waals surface area (Å²) in [7, 11) is -11.5. The fraction of sp³-hybridized carbons (Fsp3) is 0.771. The quantitative estimate of drug-likeness (QED) is 0.0299. The third-order valence-corrected chi connectivity index (χ3v) is 10.8. The molecular weight excluding hydrogens is 790 g/mol. The first-order valence-corrected chi connectivity index (χ1v) is 20.2. The van der Waals surface area contributed by atoms with Crippen LogP contribution in [0.4, 0.5) is 26.3 Å². The van der Waals surface area contributed by atoms with Crippen molar-refractivity contribution in [3.8, 4) is 0 Å². The number of aliphatic hydroxyl groups is 4. The van der Waals surface area contributed by atoms with E-state index in [9.17, 15) is 53.4 Å². The molecule has 324 valence electrons. The van der Waals surface area contributed by atoms with E-state index in [1.807, 2.05) is 0 Å². The number of alkyl halides is 6. The molecule has 0 radical (unpaired) electrons. The maximum Gasteiger partial charge on any atom is 0.534 e. The van der Waals surface area contributed by atoms with Crippen LogP contribution in [0.3, 0.4) is 0 Å². The van der Waals surface area contributed by atoms with E-state index >= 15 is 0 Å². The van der Waals surface area contributed by atoms with Gasteiger partial charge in [0.15, 0.2) is 0 Å². The number of rotatable bonds is 22. The molecule has 8 atom stereocenters. The SMILES string of the molecule is C.C=C(OS(=O)(=O)C(F)(F)F)C(C)C[C@H](O)CCC1O[C@@H](CCCO)CC1=C.C=C(OS(=O)(=O)C(F)(F)F)[C@H](C)C[C@H](O)CC[C@@H]1O[C@@H](CCCO)CC1=C. The Labute approximate surface area is 321 Å². The standard InChI is InChI=1S/2C17H27F3O6S.CH4/c2*1-11(13(3)26-27(23,24)17(18,19)20)9-14(22)6-7-16-12(2)10-15(25-16)5-4-8-21;/h2*11,14-16,21-22H,2-10H2,1H3;1H4/t11?,14-,15+,16?;11-,14-,15+,16+;/m11./s1. The molecule has 2 unspecified atom stereocenters. The second-order valence-electron chi connectivity index (χ2n) is 13.6. The Hall–Kier alpha value is -2.20. The number of hydrogen-bond donors (Lipinski definition) is 4. The Morgan fingerprint density at radius 3 is 1.29 bits per heavy atom. The van der Waals surface area contributed by atoms with E-state index < -0.39 is 66.8 Å². The van der Waals surface area contributed by atoms with Gasteiger partial charge in [0.2, 0.25) is 0 Å². The van der Waals surface area contributed by atoms with Crippen LogP contribution in [-0.4, -0.2) is 98.1 Å². The molecule has 2 saturated heterocycles. The maximum absolute atomic E-state index is 12.3. The predicted molar refractivity (Wildman–Crippen MR) is 193 cm³/mol. The molecule has 0 amide bonds. The largest absolute Gasteiger partial charge is 0.534 e. The van der Waals surface area contributed by atoms with Gasteiger partial charge in [-0.1, -0.05) is 47.6 Å². The molecule has 0 bridgehead atoms. The molecule has 0 saturated carbocycles. The van der Waals surface area contributed by atoms with E-state index in [0.29, 0.717) is 51.4 Å². The Bertz CT molecular complexity index is 1340. The van der Waals surface area contributed by atoms with Crippen molar-refractivity contribution < 1.29 is 81.4 Å². The average Bonchev–Trinajstić information content (AvgIpc) is 3.59. The Kier molecular flexibility index (Phi) is 22.3. The van der Waals surface area contributed by atoms with E-state index in [1.165, 1.54) is 13.8 Å². The summed E-state index contributed by atoms with van der Waals surface area (Å²) in [5.74, 6) is -2.72. The van der Waals surface area contributed by atoms with Crippen molar-refractivity contribution in [2.75, 3.05) is 13.2 Å². The summed E-state index contributed by atoms with van der Waals surface area (Å²) in [5, 5.41) is 37.9. The van der Waals surface area contributed by atoms with Crippen molar-refractivity contribution in [2.45, 2.75) is 146 Å². The van der Waals surface area contributed by atoms with Gasteiger partial charge in [0.05, 0.1) is 36.6 Å².